The first-order chi connectivity index (χ1) is 13.8. The average Bonchev–Trinajstić information content (AvgIpc) is 3.02. The Labute approximate surface area is 180 Å². The van der Waals surface area contributed by atoms with Gasteiger partial charge in [0.25, 0.3) is 5.91 Å². The molecule has 4 N–H and O–H groups in total. The quantitative estimate of drug-likeness (QED) is 0.565. The molecule has 0 bridgehead atoms. The molecular weight excluding hydrogens is 382 g/mol. The van der Waals surface area contributed by atoms with E-state index in [-0.39, 0.29) is 47.9 Å². The number of hydrogen-bond acceptors (Lipinski definition) is 5. The molecule has 0 aliphatic heterocycles. The van der Waals surface area contributed by atoms with E-state index in [1.807, 2.05) is 20.8 Å². The van der Waals surface area contributed by atoms with Crippen LogP contribution in [0.1, 0.15) is 82.7 Å². The highest BCUT2D eigenvalue weighted by Crippen LogP contribution is 2.27. The minimum absolute atomic E-state index is 0.00344. The van der Waals surface area contributed by atoms with E-state index in [4.69, 9.17) is 4.42 Å². The van der Waals surface area contributed by atoms with Crippen molar-refractivity contribution in [1.29, 1.82) is 0 Å². The number of hydrogen-bond donors (Lipinski definition) is 4. The average molecular weight is 422 g/mol. The molecule has 0 aromatic carbocycles. The Morgan fingerprint density at radius 2 is 1.83 bits per heavy atom. The molecule has 1 aliphatic carbocycles. The largest absolute Gasteiger partial charge is 0.465 e. The van der Waals surface area contributed by atoms with E-state index < -0.39 is 0 Å². The van der Waals surface area contributed by atoms with Crippen molar-refractivity contribution in [2.45, 2.75) is 90.8 Å². The van der Waals surface area contributed by atoms with E-state index in [0.29, 0.717) is 17.4 Å². The number of nitrogens with one attached hydrogen (secondary N) is 3. The van der Waals surface area contributed by atoms with Crippen LogP contribution in [-0.2, 0) is 10.2 Å². The molecule has 2 rings (SSSR count). The maximum Gasteiger partial charge on any atom is 0.255 e. The van der Waals surface area contributed by atoms with Gasteiger partial charge in [0, 0.05) is 35.6 Å². The van der Waals surface area contributed by atoms with E-state index in [9.17, 15) is 14.7 Å². The van der Waals surface area contributed by atoms with Gasteiger partial charge in [-0.05, 0) is 53.0 Å². The molecule has 1 aromatic rings. The van der Waals surface area contributed by atoms with Crippen LogP contribution < -0.4 is 16.0 Å². The predicted molar refractivity (Wildman–Crippen MR) is 118 cm³/mol. The Bertz CT molecular complexity index is 743. The summed E-state index contributed by atoms with van der Waals surface area (Å²) >= 11 is 0. The highest BCUT2D eigenvalue weighted by Gasteiger charge is 2.32. The molecule has 2 amide bonds. The highest BCUT2D eigenvalue weighted by atomic mass is 16.3. The summed E-state index contributed by atoms with van der Waals surface area (Å²) in [6.07, 6.45) is 2.55. The minimum atomic E-state index is -0.321. The van der Waals surface area contributed by atoms with Crippen LogP contribution in [-0.4, -0.2) is 47.7 Å². The van der Waals surface area contributed by atoms with Gasteiger partial charge in [-0.15, -0.1) is 0 Å². The van der Waals surface area contributed by atoms with Crippen molar-refractivity contribution < 1.29 is 19.1 Å². The first-order valence-electron chi connectivity index (χ1n) is 10.9. The molecule has 7 nitrogen and oxygen atoms in total. The summed E-state index contributed by atoms with van der Waals surface area (Å²) in [7, 11) is 0. The zero-order valence-corrected chi connectivity index (χ0v) is 19.5. The smallest absolute Gasteiger partial charge is 0.255 e. The maximum atomic E-state index is 12.5. The van der Waals surface area contributed by atoms with Gasteiger partial charge >= 0.3 is 0 Å². The van der Waals surface area contributed by atoms with Crippen LogP contribution in [0.3, 0.4) is 0 Å². The molecule has 3 atom stereocenters. The van der Waals surface area contributed by atoms with E-state index in [2.05, 4.69) is 36.7 Å². The molecule has 1 heterocycles. The minimum Gasteiger partial charge on any atom is -0.465 e. The number of aliphatic hydroxyl groups is 1. The van der Waals surface area contributed by atoms with Crippen molar-refractivity contribution in [1.82, 2.24) is 16.0 Å². The fraction of sp³-hybridized carbons (Fsp3) is 0.739. The third kappa shape index (κ3) is 6.84. The van der Waals surface area contributed by atoms with Crippen LogP contribution in [0.25, 0.3) is 0 Å². The summed E-state index contributed by atoms with van der Waals surface area (Å²) < 4.78 is 5.71. The predicted octanol–water partition coefficient (Wildman–Crippen LogP) is 2.65. The van der Waals surface area contributed by atoms with Crippen molar-refractivity contribution >= 4 is 11.8 Å². The standard InChI is InChI=1S/C23H39N3O4/c1-14-17(11-19(30-14)22(2,3)4)21(29)24-12-20(28)25-18-9-8-16(10-15(18)13-27)26-23(5,6)7/h11,15-16,18,26-27H,8-10,12-13H2,1-7H3,(H,24,29)(H,25,28)/t15-,16-,18+/m1/s1. The van der Waals surface area contributed by atoms with Crippen LogP contribution in [0.4, 0.5) is 0 Å². The summed E-state index contributed by atoms with van der Waals surface area (Å²) in [5.74, 6) is 0.720. The Kier molecular flexibility index (Phi) is 7.74. The van der Waals surface area contributed by atoms with Crippen molar-refractivity contribution in [2.24, 2.45) is 5.92 Å². The first kappa shape index (κ1) is 24.4. The van der Waals surface area contributed by atoms with E-state index in [1.165, 1.54) is 0 Å². The van der Waals surface area contributed by atoms with E-state index >= 15 is 0 Å². The van der Waals surface area contributed by atoms with Crippen LogP contribution in [0.15, 0.2) is 10.5 Å². The summed E-state index contributed by atoms with van der Waals surface area (Å²) in [4.78, 5) is 24.9. The summed E-state index contributed by atoms with van der Waals surface area (Å²) in [6.45, 7) is 14.1. The van der Waals surface area contributed by atoms with E-state index in [1.54, 1.807) is 13.0 Å². The van der Waals surface area contributed by atoms with Gasteiger partial charge in [0.2, 0.25) is 5.91 Å². The second kappa shape index (κ2) is 9.52. The fourth-order valence-corrected chi connectivity index (χ4v) is 3.99. The first-order valence-corrected chi connectivity index (χ1v) is 10.9. The summed E-state index contributed by atoms with van der Waals surface area (Å²) in [5, 5.41) is 19.0. The van der Waals surface area contributed by atoms with Crippen molar-refractivity contribution in [3.8, 4) is 0 Å². The molecule has 0 unspecified atom stereocenters. The number of furan rings is 1. The second-order valence-electron chi connectivity index (χ2n) is 10.5. The lowest BCUT2D eigenvalue weighted by molar-refractivity contribution is -0.121. The van der Waals surface area contributed by atoms with Crippen molar-refractivity contribution in [3.63, 3.8) is 0 Å². The maximum absolute atomic E-state index is 12.5. The molecule has 7 heteroatoms. The fourth-order valence-electron chi connectivity index (χ4n) is 3.99. The lowest BCUT2D eigenvalue weighted by atomic mass is 9.81. The summed E-state index contributed by atoms with van der Waals surface area (Å²) in [5.41, 5.74) is 0.277. The van der Waals surface area contributed by atoms with Crippen LogP contribution in [0, 0.1) is 12.8 Å². The molecule has 0 saturated heterocycles. The normalized spacial score (nSPS) is 22.6. The number of rotatable bonds is 6. The summed E-state index contributed by atoms with van der Waals surface area (Å²) in [6, 6.07) is 1.99. The Balaban J connectivity index is 1.87. The second-order valence-corrected chi connectivity index (χ2v) is 10.5. The highest BCUT2D eigenvalue weighted by molar-refractivity contribution is 5.97. The lowest BCUT2D eigenvalue weighted by Crippen LogP contribution is -2.53. The third-order valence-corrected chi connectivity index (χ3v) is 5.51. The van der Waals surface area contributed by atoms with E-state index in [0.717, 1.165) is 25.0 Å². The molecule has 170 valence electrons. The van der Waals surface area contributed by atoms with Gasteiger partial charge in [-0.3, -0.25) is 9.59 Å². The molecule has 0 spiro atoms. The zero-order chi connectivity index (χ0) is 22.7. The number of aliphatic hydroxyl groups excluding tert-OH is 1. The monoisotopic (exact) mass is 421 g/mol. The number of carbonyl (C=O) groups excluding carboxylic acids is 2. The topological polar surface area (TPSA) is 104 Å². The van der Waals surface area contributed by atoms with Gasteiger partial charge in [0.15, 0.2) is 0 Å². The Morgan fingerprint density at radius 1 is 1.17 bits per heavy atom. The van der Waals surface area contributed by atoms with Crippen molar-refractivity contribution in [2.75, 3.05) is 13.2 Å². The van der Waals surface area contributed by atoms with Crippen molar-refractivity contribution in [3.05, 3.63) is 23.2 Å². The van der Waals surface area contributed by atoms with Gasteiger partial charge < -0.3 is 25.5 Å². The van der Waals surface area contributed by atoms with Gasteiger partial charge in [-0.2, -0.15) is 0 Å². The molecule has 1 saturated carbocycles. The van der Waals surface area contributed by atoms with Gasteiger partial charge in [0.1, 0.15) is 11.5 Å². The SMILES string of the molecule is Cc1oc(C(C)(C)C)cc1C(=O)NCC(=O)N[C@H]1CC[C@@H](NC(C)(C)C)C[C@@H]1CO. The molecule has 30 heavy (non-hydrogen) atoms. The van der Waals surface area contributed by atoms with Gasteiger partial charge in [0.05, 0.1) is 12.1 Å². The van der Waals surface area contributed by atoms with Gasteiger partial charge in [-0.25, -0.2) is 0 Å². The van der Waals surface area contributed by atoms with Crippen LogP contribution >= 0.6 is 0 Å². The van der Waals surface area contributed by atoms with Crippen LogP contribution in [0.5, 0.6) is 0 Å². The molecule has 1 aromatic heterocycles. The zero-order valence-electron chi connectivity index (χ0n) is 19.5. The lowest BCUT2D eigenvalue weighted by Gasteiger charge is -2.39. The molecule has 0 radical (unpaired) electrons. The molecular formula is C23H39N3O4. The Morgan fingerprint density at radius 3 is 2.37 bits per heavy atom. The van der Waals surface area contributed by atoms with Crippen LogP contribution in [0.2, 0.25) is 0 Å². The number of amides is 2. The number of aryl methyl sites for hydroxylation is 1. The number of carbonyl (C=O) groups is 2. The van der Waals surface area contributed by atoms with Gasteiger partial charge in [-0.1, -0.05) is 20.8 Å². The molecule has 1 aliphatic rings. The Hall–Kier alpha value is -1.86. The third-order valence-electron chi connectivity index (χ3n) is 5.51. The molecule has 1 fully saturated rings.